The molecular weight excluding hydrogens is 318 g/mol. The minimum Gasteiger partial charge on any atom is -0.465 e. The molecule has 24 heavy (non-hydrogen) atoms. The van der Waals surface area contributed by atoms with Crippen LogP contribution < -0.4 is 5.73 Å². The average Bonchev–Trinajstić information content (AvgIpc) is 2.46. The van der Waals surface area contributed by atoms with Crippen molar-refractivity contribution in [1.82, 2.24) is 0 Å². The fourth-order valence-corrected chi connectivity index (χ4v) is 2.99. The number of ether oxygens (including phenoxy) is 1. The number of unbranched alkanes of at least 4 members (excludes halogenated alkanes) is 1. The lowest BCUT2D eigenvalue weighted by Crippen LogP contribution is -2.40. The van der Waals surface area contributed by atoms with E-state index in [0.717, 1.165) is 24.8 Å². The van der Waals surface area contributed by atoms with E-state index in [0.29, 0.717) is 13.0 Å². The Balaban J connectivity index is 2.70. The van der Waals surface area contributed by atoms with Gasteiger partial charge in [0.15, 0.2) is 8.32 Å². The van der Waals surface area contributed by atoms with Crippen molar-refractivity contribution >= 4 is 14.3 Å². The summed E-state index contributed by atoms with van der Waals surface area (Å²) < 4.78 is 5.18. The highest BCUT2D eigenvalue weighted by Gasteiger charge is 2.37. The number of nitrogens with two attached hydrogens (primary N) is 1. The van der Waals surface area contributed by atoms with E-state index in [2.05, 4.69) is 32.9 Å². The van der Waals surface area contributed by atoms with Crippen molar-refractivity contribution in [2.24, 2.45) is 5.73 Å². The van der Waals surface area contributed by atoms with Crippen LogP contribution in [0.25, 0.3) is 0 Å². The highest BCUT2D eigenvalue weighted by atomic mass is 28.4. The van der Waals surface area contributed by atoms with Crippen LogP contribution in [0.15, 0.2) is 24.3 Å². The number of esters is 1. The summed E-state index contributed by atoms with van der Waals surface area (Å²) in [5.41, 5.74) is 8.16. The first-order chi connectivity index (χ1) is 11.1. The summed E-state index contributed by atoms with van der Waals surface area (Å²) in [5, 5.41) is -0.118. The quantitative estimate of drug-likeness (QED) is 0.406. The molecule has 0 aliphatic heterocycles. The van der Waals surface area contributed by atoms with Crippen LogP contribution >= 0.6 is 0 Å². The molecule has 0 fully saturated rings. The van der Waals surface area contributed by atoms with Gasteiger partial charge in [0.2, 0.25) is 0 Å². The predicted molar refractivity (Wildman–Crippen MR) is 101 cm³/mol. The van der Waals surface area contributed by atoms with Crippen LogP contribution in [0.3, 0.4) is 0 Å². The summed E-state index contributed by atoms with van der Waals surface area (Å²) in [7, 11) is -2.25. The maximum atomic E-state index is 11.9. The van der Waals surface area contributed by atoms with Gasteiger partial charge in [0.1, 0.15) is 6.04 Å². The number of benzene rings is 1. The maximum Gasteiger partial charge on any atom is 0.323 e. The van der Waals surface area contributed by atoms with E-state index in [-0.39, 0.29) is 11.0 Å². The summed E-state index contributed by atoms with van der Waals surface area (Å²) in [5.74, 6) is -0.335. The highest BCUT2D eigenvalue weighted by molar-refractivity contribution is 6.72. The first kappa shape index (κ1) is 20.9. The zero-order chi connectivity index (χ0) is 18.4. The smallest absolute Gasteiger partial charge is 0.323 e. The molecule has 0 aromatic heterocycles. The van der Waals surface area contributed by atoms with E-state index >= 15 is 0 Å². The lowest BCUT2D eigenvalue weighted by Gasteiger charge is -2.35. The standard InChI is InChI=1S/C19H33NO3Si/c1-6-7-11-23-18(21)17(20)13-15-9-8-10-16(12-15)14-19(2,3)24(4,5)22/h8-10,12,17,22H,6-7,11,13-14,20H2,1-5H3/t17-/m0/s1. The van der Waals surface area contributed by atoms with Crippen molar-refractivity contribution in [3.63, 3.8) is 0 Å². The molecule has 1 rings (SSSR count). The molecular formula is C19H33NO3Si. The predicted octanol–water partition coefficient (Wildman–Crippen LogP) is 3.42. The normalized spacial score (nSPS) is 13.6. The van der Waals surface area contributed by atoms with Crippen molar-refractivity contribution in [2.45, 2.75) is 70.6 Å². The molecule has 0 saturated heterocycles. The summed E-state index contributed by atoms with van der Waals surface area (Å²) in [4.78, 5) is 22.3. The average molecular weight is 352 g/mol. The molecule has 1 atom stereocenters. The first-order valence-electron chi connectivity index (χ1n) is 8.79. The van der Waals surface area contributed by atoms with Crippen LogP contribution in [0, 0.1) is 0 Å². The van der Waals surface area contributed by atoms with E-state index < -0.39 is 14.4 Å². The number of carbonyl (C=O) groups excluding carboxylic acids is 1. The van der Waals surface area contributed by atoms with E-state index in [4.69, 9.17) is 10.5 Å². The third-order valence-electron chi connectivity index (χ3n) is 4.79. The molecule has 0 amide bonds. The Bertz CT molecular complexity index is 538. The van der Waals surface area contributed by atoms with E-state index in [9.17, 15) is 9.59 Å². The molecule has 5 heteroatoms. The third-order valence-corrected chi connectivity index (χ3v) is 8.28. The molecule has 0 aliphatic carbocycles. The Labute approximate surface area is 147 Å². The molecule has 136 valence electrons. The Morgan fingerprint density at radius 3 is 2.54 bits per heavy atom. The number of hydrogen-bond donors (Lipinski definition) is 2. The van der Waals surface area contributed by atoms with Gasteiger partial charge in [0.05, 0.1) is 6.61 Å². The third kappa shape index (κ3) is 6.38. The Morgan fingerprint density at radius 2 is 1.96 bits per heavy atom. The number of carbonyl (C=O) groups is 1. The molecule has 0 aliphatic rings. The molecule has 0 bridgehead atoms. The Morgan fingerprint density at radius 1 is 1.33 bits per heavy atom. The lowest BCUT2D eigenvalue weighted by atomic mass is 9.98. The lowest BCUT2D eigenvalue weighted by molar-refractivity contribution is -0.145. The molecule has 0 spiro atoms. The second kappa shape index (κ2) is 8.79. The first-order valence-corrected chi connectivity index (χ1v) is 11.7. The molecule has 1 aromatic rings. The summed E-state index contributed by atoms with van der Waals surface area (Å²) in [6.45, 7) is 10.7. The number of rotatable bonds is 9. The van der Waals surface area contributed by atoms with Crippen molar-refractivity contribution in [3.8, 4) is 0 Å². The largest absolute Gasteiger partial charge is 0.465 e. The van der Waals surface area contributed by atoms with Gasteiger partial charge in [0.25, 0.3) is 0 Å². The van der Waals surface area contributed by atoms with Gasteiger partial charge in [-0.25, -0.2) is 0 Å². The maximum absolute atomic E-state index is 11.9. The van der Waals surface area contributed by atoms with Crippen molar-refractivity contribution in [2.75, 3.05) is 6.61 Å². The van der Waals surface area contributed by atoms with Gasteiger partial charge in [-0.1, -0.05) is 51.5 Å². The molecule has 3 N–H and O–H groups in total. The fraction of sp³-hybridized carbons (Fsp3) is 0.632. The van der Waals surface area contributed by atoms with E-state index in [1.165, 1.54) is 5.56 Å². The van der Waals surface area contributed by atoms with Crippen LogP contribution in [0.4, 0.5) is 0 Å². The number of hydrogen-bond acceptors (Lipinski definition) is 4. The fourth-order valence-electron chi connectivity index (χ4n) is 2.35. The van der Waals surface area contributed by atoms with Gasteiger partial charge in [0, 0.05) is 0 Å². The van der Waals surface area contributed by atoms with Crippen LogP contribution in [0.2, 0.25) is 18.1 Å². The van der Waals surface area contributed by atoms with Gasteiger partial charge in [-0.15, -0.1) is 0 Å². The van der Waals surface area contributed by atoms with Crippen LogP contribution in [-0.4, -0.2) is 31.7 Å². The minimum absolute atomic E-state index is 0.118. The highest BCUT2D eigenvalue weighted by Crippen LogP contribution is 2.38. The van der Waals surface area contributed by atoms with E-state index in [1.807, 2.05) is 25.2 Å². The van der Waals surface area contributed by atoms with Crippen molar-refractivity contribution < 1.29 is 14.3 Å². The monoisotopic (exact) mass is 351 g/mol. The van der Waals surface area contributed by atoms with Gasteiger partial charge in [-0.3, -0.25) is 4.79 Å². The summed E-state index contributed by atoms with van der Waals surface area (Å²) >= 11 is 0. The second-order valence-electron chi connectivity index (χ2n) is 7.77. The molecule has 1 aromatic carbocycles. The van der Waals surface area contributed by atoms with Gasteiger partial charge < -0.3 is 15.3 Å². The zero-order valence-electron chi connectivity index (χ0n) is 15.8. The van der Waals surface area contributed by atoms with Crippen LogP contribution in [-0.2, 0) is 22.4 Å². The molecule has 4 nitrogen and oxygen atoms in total. The molecule has 0 heterocycles. The summed E-state index contributed by atoms with van der Waals surface area (Å²) in [6, 6.07) is 7.49. The Hall–Kier alpha value is -1.17. The molecule has 0 radical (unpaired) electrons. The van der Waals surface area contributed by atoms with Crippen molar-refractivity contribution in [1.29, 1.82) is 0 Å². The van der Waals surface area contributed by atoms with Gasteiger partial charge in [-0.05, 0) is 48.5 Å². The summed E-state index contributed by atoms with van der Waals surface area (Å²) in [6.07, 6.45) is 3.14. The zero-order valence-corrected chi connectivity index (χ0v) is 16.8. The van der Waals surface area contributed by atoms with Gasteiger partial charge >= 0.3 is 5.97 Å². The second-order valence-corrected chi connectivity index (χ2v) is 12.2. The SMILES string of the molecule is CCCCOC(=O)[C@@H](N)Cc1cccc(CC(C)(C)[Si](C)(C)O)c1. The molecule has 0 saturated carbocycles. The Kier molecular flexibility index (Phi) is 7.64. The van der Waals surface area contributed by atoms with Crippen LogP contribution in [0.5, 0.6) is 0 Å². The van der Waals surface area contributed by atoms with Crippen molar-refractivity contribution in [3.05, 3.63) is 35.4 Å². The minimum atomic E-state index is -2.25. The molecule has 0 unspecified atom stereocenters. The van der Waals surface area contributed by atoms with Gasteiger partial charge in [-0.2, -0.15) is 0 Å². The topological polar surface area (TPSA) is 72.5 Å². The van der Waals surface area contributed by atoms with E-state index in [1.54, 1.807) is 0 Å². The van der Waals surface area contributed by atoms with Crippen LogP contribution in [0.1, 0.15) is 44.7 Å².